The molecule has 2 fully saturated rings. The standard InChI is InChI=1S/C19H28N4O2/c1-13-20-16-12-23(11-15(16)19(25)21-13)18(24)8-7-14-5-4-10-22-9-3-2-6-17(14)22/h14,17H,2-12H2,1H3,(H,20,21,25)/t14-,17+/m0/s1. The van der Waals surface area contributed by atoms with Gasteiger partial charge in [-0.15, -0.1) is 0 Å². The monoisotopic (exact) mass is 344 g/mol. The van der Waals surface area contributed by atoms with E-state index in [0.717, 1.165) is 12.1 Å². The number of piperidine rings is 2. The van der Waals surface area contributed by atoms with Crippen LogP contribution in [0.25, 0.3) is 0 Å². The number of H-pyrrole nitrogens is 1. The molecule has 1 amide bonds. The van der Waals surface area contributed by atoms with Gasteiger partial charge in [0.05, 0.1) is 24.3 Å². The summed E-state index contributed by atoms with van der Waals surface area (Å²) in [5.41, 5.74) is 1.34. The Hall–Kier alpha value is -1.69. The predicted octanol–water partition coefficient (Wildman–Crippen LogP) is 1.97. The van der Waals surface area contributed by atoms with E-state index in [9.17, 15) is 9.59 Å². The number of hydrogen-bond acceptors (Lipinski definition) is 4. The van der Waals surface area contributed by atoms with Crippen LogP contribution in [0.15, 0.2) is 4.79 Å². The predicted molar refractivity (Wildman–Crippen MR) is 95.0 cm³/mol. The quantitative estimate of drug-likeness (QED) is 0.910. The molecule has 3 aliphatic rings. The van der Waals surface area contributed by atoms with E-state index in [1.54, 1.807) is 11.8 Å². The summed E-state index contributed by atoms with van der Waals surface area (Å²) in [7, 11) is 0. The molecule has 2 atom stereocenters. The van der Waals surface area contributed by atoms with Crippen molar-refractivity contribution >= 4 is 5.91 Å². The van der Waals surface area contributed by atoms with E-state index in [1.807, 2.05) is 0 Å². The number of nitrogens with one attached hydrogen (secondary N) is 1. The van der Waals surface area contributed by atoms with E-state index in [-0.39, 0.29) is 11.5 Å². The zero-order valence-corrected chi connectivity index (χ0v) is 15.1. The number of hydrogen-bond donors (Lipinski definition) is 1. The van der Waals surface area contributed by atoms with Crippen LogP contribution in [0.5, 0.6) is 0 Å². The minimum absolute atomic E-state index is 0.0945. The Morgan fingerprint density at radius 2 is 2.04 bits per heavy atom. The highest BCUT2D eigenvalue weighted by Crippen LogP contribution is 2.33. The minimum Gasteiger partial charge on any atom is -0.332 e. The zero-order chi connectivity index (χ0) is 17.4. The maximum absolute atomic E-state index is 12.7. The van der Waals surface area contributed by atoms with Gasteiger partial charge in [-0.3, -0.25) is 9.59 Å². The third kappa shape index (κ3) is 3.36. The number of aryl methyl sites for hydroxylation is 1. The van der Waals surface area contributed by atoms with Gasteiger partial charge in [0.25, 0.3) is 5.56 Å². The van der Waals surface area contributed by atoms with Crippen LogP contribution in [-0.4, -0.2) is 44.8 Å². The van der Waals surface area contributed by atoms with Crippen LogP contribution < -0.4 is 5.56 Å². The van der Waals surface area contributed by atoms with E-state index >= 15 is 0 Å². The molecule has 1 aromatic heterocycles. The normalized spacial score (nSPS) is 26.4. The lowest BCUT2D eigenvalue weighted by Gasteiger charge is -2.44. The number of carbonyl (C=O) groups excluding carboxylic acids is 1. The van der Waals surface area contributed by atoms with Gasteiger partial charge in [0.15, 0.2) is 0 Å². The van der Waals surface area contributed by atoms with E-state index in [4.69, 9.17) is 0 Å². The van der Waals surface area contributed by atoms with Crippen molar-refractivity contribution in [1.82, 2.24) is 19.8 Å². The van der Waals surface area contributed by atoms with Crippen LogP contribution in [-0.2, 0) is 17.9 Å². The number of aromatic nitrogens is 2. The van der Waals surface area contributed by atoms with Crippen LogP contribution >= 0.6 is 0 Å². The van der Waals surface area contributed by atoms with Gasteiger partial charge < -0.3 is 14.8 Å². The summed E-state index contributed by atoms with van der Waals surface area (Å²) in [6.07, 6.45) is 8.07. The van der Waals surface area contributed by atoms with E-state index in [0.29, 0.717) is 42.9 Å². The highest BCUT2D eigenvalue weighted by molar-refractivity contribution is 5.76. The van der Waals surface area contributed by atoms with Crippen molar-refractivity contribution in [1.29, 1.82) is 0 Å². The molecule has 3 aliphatic heterocycles. The lowest BCUT2D eigenvalue weighted by Crippen LogP contribution is -2.48. The fourth-order valence-electron chi connectivity index (χ4n) is 4.95. The molecule has 0 aromatic carbocycles. The molecule has 0 radical (unpaired) electrons. The first kappa shape index (κ1) is 16.8. The molecule has 6 nitrogen and oxygen atoms in total. The summed E-state index contributed by atoms with van der Waals surface area (Å²) >= 11 is 0. The first-order valence-corrected chi connectivity index (χ1v) is 9.72. The average Bonchev–Trinajstić information content (AvgIpc) is 3.04. The second-order valence-corrected chi connectivity index (χ2v) is 7.87. The van der Waals surface area contributed by atoms with Crippen molar-refractivity contribution in [3.8, 4) is 0 Å². The second kappa shape index (κ2) is 6.90. The number of aromatic amines is 1. The Balaban J connectivity index is 1.35. The van der Waals surface area contributed by atoms with Gasteiger partial charge >= 0.3 is 0 Å². The Morgan fingerprint density at radius 3 is 2.92 bits per heavy atom. The number of amides is 1. The molecule has 1 N–H and O–H groups in total. The molecule has 1 aromatic rings. The summed E-state index contributed by atoms with van der Waals surface area (Å²) in [6.45, 7) is 5.16. The van der Waals surface area contributed by atoms with Crippen molar-refractivity contribution in [2.75, 3.05) is 13.1 Å². The summed E-state index contributed by atoms with van der Waals surface area (Å²) in [4.78, 5) is 36.3. The maximum Gasteiger partial charge on any atom is 0.256 e. The van der Waals surface area contributed by atoms with Crippen LogP contribution in [0.3, 0.4) is 0 Å². The van der Waals surface area contributed by atoms with Crippen LogP contribution in [0.1, 0.15) is 62.0 Å². The van der Waals surface area contributed by atoms with Gasteiger partial charge in [-0.05, 0) is 58.0 Å². The average molecular weight is 344 g/mol. The largest absolute Gasteiger partial charge is 0.332 e. The topological polar surface area (TPSA) is 69.3 Å². The second-order valence-electron chi connectivity index (χ2n) is 7.87. The smallest absolute Gasteiger partial charge is 0.256 e. The molecular weight excluding hydrogens is 316 g/mol. The first-order valence-electron chi connectivity index (χ1n) is 9.72. The summed E-state index contributed by atoms with van der Waals surface area (Å²) in [6, 6.07) is 0.693. The van der Waals surface area contributed by atoms with Gasteiger partial charge in [-0.25, -0.2) is 4.98 Å². The molecule has 4 rings (SSSR count). The molecule has 4 heterocycles. The van der Waals surface area contributed by atoms with Gasteiger partial charge in [0.1, 0.15) is 5.82 Å². The van der Waals surface area contributed by atoms with Gasteiger partial charge in [-0.2, -0.15) is 0 Å². The lowest BCUT2D eigenvalue weighted by molar-refractivity contribution is -0.132. The third-order valence-electron chi connectivity index (χ3n) is 6.22. The summed E-state index contributed by atoms with van der Waals surface area (Å²) < 4.78 is 0. The minimum atomic E-state index is -0.0945. The van der Waals surface area contributed by atoms with E-state index in [2.05, 4.69) is 14.9 Å². The maximum atomic E-state index is 12.7. The fourth-order valence-corrected chi connectivity index (χ4v) is 4.95. The van der Waals surface area contributed by atoms with Crippen molar-refractivity contribution in [2.45, 2.75) is 71.0 Å². The molecule has 0 bridgehead atoms. The van der Waals surface area contributed by atoms with E-state index in [1.165, 1.54) is 45.2 Å². The van der Waals surface area contributed by atoms with Crippen LogP contribution in [0, 0.1) is 12.8 Å². The SMILES string of the molecule is Cc1nc2c(c(=O)[nH]1)CN(C(=O)CC[C@@H]1CCCN3CCCC[C@H]13)C2. The molecule has 0 unspecified atom stereocenters. The molecule has 0 saturated carbocycles. The first-order chi connectivity index (χ1) is 12.1. The highest BCUT2D eigenvalue weighted by atomic mass is 16.2. The van der Waals surface area contributed by atoms with E-state index < -0.39 is 0 Å². The number of fused-ring (bicyclic) bond motifs is 2. The van der Waals surface area contributed by atoms with Crippen molar-refractivity contribution in [2.24, 2.45) is 5.92 Å². The molecule has 136 valence electrons. The summed E-state index contributed by atoms with van der Waals surface area (Å²) in [5.74, 6) is 1.45. The van der Waals surface area contributed by atoms with Crippen molar-refractivity contribution in [3.63, 3.8) is 0 Å². The van der Waals surface area contributed by atoms with Crippen molar-refractivity contribution < 1.29 is 4.79 Å². The summed E-state index contributed by atoms with van der Waals surface area (Å²) in [5, 5.41) is 0. The number of nitrogens with zero attached hydrogens (tertiary/aromatic N) is 3. The van der Waals surface area contributed by atoms with Crippen LogP contribution in [0.2, 0.25) is 0 Å². The third-order valence-corrected chi connectivity index (χ3v) is 6.22. The highest BCUT2D eigenvalue weighted by Gasteiger charge is 2.34. The Bertz CT molecular complexity index is 712. The van der Waals surface area contributed by atoms with Gasteiger partial charge in [0.2, 0.25) is 5.91 Å². The number of carbonyl (C=O) groups is 1. The lowest BCUT2D eigenvalue weighted by atomic mass is 9.81. The van der Waals surface area contributed by atoms with Crippen molar-refractivity contribution in [3.05, 3.63) is 27.4 Å². The Kier molecular flexibility index (Phi) is 4.63. The Morgan fingerprint density at radius 1 is 1.20 bits per heavy atom. The fraction of sp³-hybridized carbons (Fsp3) is 0.737. The van der Waals surface area contributed by atoms with Gasteiger partial charge in [0, 0.05) is 12.5 Å². The molecule has 0 spiro atoms. The molecule has 6 heteroatoms. The molecule has 2 saturated heterocycles. The van der Waals surface area contributed by atoms with Gasteiger partial charge in [-0.1, -0.05) is 6.42 Å². The Labute approximate surface area is 148 Å². The molecule has 0 aliphatic carbocycles. The number of rotatable bonds is 3. The molecule has 25 heavy (non-hydrogen) atoms. The van der Waals surface area contributed by atoms with Crippen LogP contribution in [0.4, 0.5) is 0 Å². The zero-order valence-electron chi connectivity index (χ0n) is 15.1. The molecular formula is C19H28N4O2.